The van der Waals surface area contributed by atoms with Gasteiger partial charge < -0.3 is 9.88 Å². The number of halogens is 1. The molecule has 2 N–H and O–H groups in total. The molecule has 0 spiro atoms. The van der Waals surface area contributed by atoms with Crippen LogP contribution in [0.4, 0.5) is 4.39 Å². The average molecular weight is 454 g/mol. The molecule has 6 nitrogen and oxygen atoms in total. The maximum atomic E-state index is 13.5. The van der Waals surface area contributed by atoms with Crippen LogP contribution in [0.5, 0.6) is 0 Å². The minimum atomic E-state index is -0.464. The summed E-state index contributed by atoms with van der Waals surface area (Å²) in [6.45, 7) is 2.99. The summed E-state index contributed by atoms with van der Waals surface area (Å²) >= 11 is 6.97. The Bertz CT molecular complexity index is 1350. The predicted octanol–water partition coefficient (Wildman–Crippen LogP) is 5.17. The molecule has 31 heavy (non-hydrogen) atoms. The minimum absolute atomic E-state index is 0.00611. The van der Waals surface area contributed by atoms with Gasteiger partial charge >= 0.3 is 0 Å². The number of nitrogens with one attached hydrogen (secondary N) is 2. The van der Waals surface area contributed by atoms with Crippen LogP contribution in [0.3, 0.4) is 0 Å². The molecule has 3 aromatic heterocycles. The number of H-pyrrole nitrogens is 2. The van der Waals surface area contributed by atoms with Crippen molar-refractivity contribution in [3.63, 3.8) is 0 Å². The van der Waals surface area contributed by atoms with E-state index in [2.05, 4.69) is 21.3 Å². The number of amides is 1. The van der Waals surface area contributed by atoms with E-state index in [0.29, 0.717) is 23.7 Å². The summed E-state index contributed by atoms with van der Waals surface area (Å²) < 4.78 is 15.7. The van der Waals surface area contributed by atoms with E-state index >= 15 is 0 Å². The van der Waals surface area contributed by atoms with E-state index in [-0.39, 0.29) is 11.7 Å². The van der Waals surface area contributed by atoms with Crippen molar-refractivity contribution in [2.24, 2.45) is 0 Å². The number of aromatic nitrogens is 4. The normalized spacial score (nSPS) is 15.3. The van der Waals surface area contributed by atoms with Gasteiger partial charge in [0.05, 0.1) is 4.88 Å². The van der Waals surface area contributed by atoms with Crippen LogP contribution in [0.15, 0.2) is 48.0 Å². The van der Waals surface area contributed by atoms with Gasteiger partial charge in [0.2, 0.25) is 5.91 Å². The zero-order valence-corrected chi connectivity index (χ0v) is 18.4. The molecule has 0 bridgehead atoms. The lowest BCUT2D eigenvalue weighted by molar-refractivity contribution is -0.133. The third-order valence-electron chi connectivity index (χ3n) is 5.70. The maximum absolute atomic E-state index is 13.5. The van der Waals surface area contributed by atoms with E-state index in [0.717, 1.165) is 33.3 Å². The summed E-state index contributed by atoms with van der Waals surface area (Å²) in [6.07, 6.45) is 4.72. The van der Waals surface area contributed by atoms with Gasteiger partial charge in [-0.1, -0.05) is 12.1 Å². The van der Waals surface area contributed by atoms with Gasteiger partial charge in [0, 0.05) is 35.8 Å². The zero-order chi connectivity index (χ0) is 21.5. The van der Waals surface area contributed by atoms with Gasteiger partial charge in [-0.05, 0) is 60.8 Å². The third-order valence-corrected chi connectivity index (χ3v) is 6.86. The molecule has 158 valence electrons. The summed E-state index contributed by atoms with van der Waals surface area (Å²) in [5.74, 6) is 0.427. The number of thiophene rings is 1. The van der Waals surface area contributed by atoms with Crippen molar-refractivity contribution in [1.29, 1.82) is 0 Å². The Morgan fingerprint density at radius 1 is 1.35 bits per heavy atom. The summed E-state index contributed by atoms with van der Waals surface area (Å²) in [5, 5.41) is 10.1. The Morgan fingerprint density at radius 2 is 2.23 bits per heavy atom. The largest absolute Gasteiger partial charge is 0.360 e. The fraction of sp³-hybridized carbons (Fsp3) is 0.227. The Hall–Kier alpha value is -3.04. The molecular formula is C22H20FN5OS2. The molecule has 1 unspecified atom stereocenters. The molecule has 0 fully saturated rings. The number of carbonyl (C=O) groups excluding carboxylic acids is 1. The number of aromatic amines is 2. The highest BCUT2D eigenvalue weighted by Crippen LogP contribution is 2.31. The predicted molar refractivity (Wildman–Crippen MR) is 123 cm³/mol. The van der Waals surface area contributed by atoms with Gasteiger partial charge in [-0.2, -0.15) is 5.10 Å². The molecule has 1 atom stereocenters. The standard InChI is InChI=1S/C22H20FN5OS2/c1-13(28-20(25-26-22(28)30)19-3-2-10-31-19)21(29)27-8-6-14(7-9-27)17-12-24-18-11-15(23)4-5-16(17)18/h2-6,10-13,24H,7-9H2,1H3,(H,26,30). The molecule has 9 heteroatoms. The second kappa shape index (κ2) is 7.90. The molecule has 0 aliphatic carbocycles. The highest BCUT2D eigenvalue weighted by atomic mass is 32.1. The SMILES string of the molecule is CC(C(=O)N1CC=C(c2c[nH]c3cc(F)ccc23)CC1)n1c(-c2cccs2)n[nH]c1=S. The highest BCUT2D eigenvalue weighted by molar-refractivity contribution is 7.71. The summed E-state index contributed by atoms with van der Waals surface area (Å²) in [5.41, 5.74) is 3.00. The van der Waals surface area contributed by atoms with Crippen LogP contribution in [0.25, 0.3) is 27.2 Å². The van der Waals surface area contributed by atoms with E-state index < -0.39 is 6.04 Å². The van der Waals surface area contributed by atoms with Crippen LogP contribution in [-0.4, -0.2) is 43.6 Å². The van der Waals surface area contributed by atoms with Crippen molar-refractivity contribution in [3.05, 3.63) is 64.1 Å². The Morgan fingerprint density at radius 3 is 2.97 bits per heavy atom. The van der Waals surface area contributed by atoms with E-state index in [1.807, 2.05) is 35.5 Å². The molecule has 4 aromatic rings. The van der Waals surface area contributed by atoms with Gasteiger partial charge in [0.25, 0.3) is 0 Å². The molecule has 0 radical (unpaired) electrons. The first-order valence-corrected chi connectivity index (χ1v) is 11.3. The van der Waals surface area contributed by atoms with Crippen molar-refractivity contribution in [2.75, 3.05) is 13.1 Å². The monoisotopic (exact) mass is 453 g/mol. The van der Waals surface area contributed by atoms with Crippen LogP contribution in [0, 0.1) is 10.6 Å². The molecule has 5 rings (SSSR count). The lowest BCUT2D eigenvalue weighted by atomic mass is 9.98. The Balaban J connectivity index is 1.37. The van der Waals surface area contributed by atoms with Gasteiger partial charge in [-0.15, -0.1) is 11.3 Å². The Labute approximate surface area is 187 Å². The highest BCUT2D eigenvalue weighted by Gasteiger charge is 2.27. The van der Waals surface area contributed by atoms with Crippen molar-refractivity contribution in [1.82, 2.24) is 24.6 Å². The number of benzene rings is 1. The van der Waals surface area contributed by atoms with Crippen molar-refractivity contribution >= 4 is 45.9 Å². The maximum Gasteiger partial charge on any atom is 0.245 e. The molecule has 4 heterocycles. The number of carbonyl (C=O) groups is 1. The van der Waals surface area contributed by atoms with E-state index in [4.69, 9.17) is 12.2 Å². The third kappa shape index (κ3) is 3.53. The van der Waals surface area contributed by atoms with Gasteiger partial charge in [-0.3, -0.25) is 14.5 Å². The number of hydrogen-bond donors (Lipinski definition) is 2. The molecule has 1 amide bonds. The van der Waals surface area contributed by atoms with Crippen LogP contribution >= 0.6 is 23.6 Å². The number of hydrogen-bond acceptors (Lipinski definition) is 4. The number of rotatable bonds is 4. The summed E-state index contributed by atoms with van der Waals surface area (Å²) in [7, 11) is 0. The molecule has 1 aromatic carbocycles. The zero-order valence-electron chi connectivity index (χ0n) is 16.8. The van der Waals surface area contributed by atoms with E-state index in [1.54, 1.807) is 22.0 Å². The van der Waals surface area contributed by atoms with Crippen molar-refractivity contribution in [2.45, 2.75) is 19.4 Å². The van der Waals surface area contributed by atoms with Crippen LogP contribution < -0.4 is 0 Å². The lowest BCUT2D eigenvalue weighted by Crippen LogP contribution is -2.39. The fourth-order valence-electron chi connectivity index (χ4n) is 4.10. The second-order valence-corrected chi connectivity index (χ2v) is 8.87. The van der Waals surface area contributed by atoms with Crippen LogP contribution in [0.2, 0.25) is 0 Å². The summed E-state index contributed by atoms with van der Waals surface area (Å²) in [4.78, 5) is 19.2. The van der Waals surface area contributed by atoms with Crippen molar-refractivity contribution in [3.8, 4) is 10.7 Å². The molecule has 0 saturated carbocycles. The first-order chi connectivity index (χ1) is 15.0. The first-order valence-electron chi connectivity index (χ1n) is 9.98. The number of nitrogens with zero attached hydrogens (tertiary/aromatic N) is 3. The number of fused-ring (bicyclic) bond motifs is 1. The second-order valence-electron chi connectivity index (χ2n) is 7.53. The Kier molecular flexibility index (Phi) is 5.07. The quantitative estimate of drug-likeness (QED) is 0.419. The lowest BCUT2D eigenvalue weighted by Gasteiger charge is -2.29. The smallest absolute Gasteiger partial charge is 0.245 e. The minimum Gasteiger partial charge on any atom is -0.360 e. The molecular weight excluding hydrogens is 433 g/mol. The van der Waals surface area contributed by atoms with Crippen molar-refractivity contribution < 1.29 is 9.18 Å². The summed E-state index contributed by atoms with van der Waals surface area (Å²) in [6, 6.07) is 8.22. The van der Waals surface area contributed by atoms with Gasteiger partial charge in [0.1, 0.15) is 11.9 Å². The molecule has 1 aliphatic heterocycles. The van der Waals surface area contributed by atoms with Crippen LogP contribution in [0.1, 0.15) is 24.9 Å². The van der Waals surface area contributed by atoms with Gasteiger partial charge in [-0.25, -0.2) is 4.39 Å². The fourth-order valence-corrected chi connectivity index (χ4v) is 5.10. The molecule has 0 saturated heterocycles. The van der Waals surface area contributed by atoms with Gasteiger partial charge in [0.15, 0.2) is 10.6 Å². The first kappa shape index (κ1) is 19.9. The average Bonchev–Trinajstić information content (AvgIpc) is 3.52. The van der Waals surface area contributed by atoms with Crippen LogP contribution in [-0.2, 0) is 4.79 Å². The van der Waals surface area contributed by atoms with E-state index in [9.17, 15) is 9.18 Å². The topological polar surface area (TPSA) is 69.7 Å². The molecule has 1 aliphatic rings. The van der Waals surface area contributed by atoms with E-state index in [1.165, 1.54) is 12.1 Å².